The van der Waals surface area contributed by atoms with Crippen LogP contribution in [0.3, 0.4) is 0 Å². The molecule has 0 aliphatic rings. The lowest BCUT2D eigenvalue weighted by molar-refractivity contribution is -0.143. The molecule has 0 aliphatic heterocycles. The maximum Gasteiger partial charge on any atom is 0.326 e. The van der Waals surface area contributed by atoms with E-state index in [4.69, 9.17) is 4.74 Å². The van der Waals surface area contributed by atoms with Gasteiger partial charge in [0, 0.05) is 5.56 Å². The second-order valence-electron chi connectivity index (χ2n) is 6.69. The molecule has 0 fully saturated rings. The zero-order valence-electron chi connectivity index (χ0n) is 16.2. The minimum absolute atomic E-state index is 0.0125. The molecular formula is C23H20N2O3S. The monoisotopic (exact) mass is 404 g/mol. The lowest BCUT2D eigenvalue weighted by atomic mass is 10.0. The van der Waals surface area contributed by atoms with Crippen LogP contribution in [0.25, 0.3) is 21.0 Å². The average molecular weight is 404 g/mol. The summed E-state index contributed by atoms with van der Waals surface area (Å²) in [5, 5.41) is 1.84. The highest BCUT2D eigenvalue weighted by atomic mass is 32.1. The number of fused-ring (bicyclic) bond motifs is 2. The van der Waals surface area contributed by atoms with Gasteiger partial charge in [0.15, 0.2) is 4.80 Å². The van der Waals surface area contributed by atoms with Gasteiger partial charge in [0.25, 0.3) is 5.91 Å². The Hall–Kier alpha value is -3.25. The summed E-state index contributed by atoms with van der Waals surface area (Å²) in [7, 11) is 0. The fourth-order valence-electron chi connectivity index (χ4n) is 3.31. The Kier molecular flexibility index (Phi) is 5.27. The van der Waals surface area contributed by atoms with Gasteiger partial charge in [-0.1, -0.05) is 53.8 Å². The second kappa shape index (κ2) is 8.01. The smallest absolute Gasteiger partial charge is 0.326 e. The molecule has 0 spiro atoms. The lowest BCUT2D eigenvalue weighted by Crippen LogP contribution is -2.23. The SMILES string of the molecule is CCOC(=O)Cn1c(=NC(=O)c2cccc3ccccc23)sc2cc(C)ccc21. The van der Waals surface area contributed by atoms with Crippen molar-refractivity contribution in [2.45, 2.75) is 20.4 Å². The van der Waals surface area contributed by atoms with E-state index in [1.807, 2.05) is 61.5 Å². The number of nitrogens with zero attached hydrogens (tertiary/aromatic N) is 2. The molecule has 4 aromatic rings. The molecule has 5 nitrogen and oxygen atoms in total. The number of aromatic nitrogens is 1. The number of hydrogen-bond acceptors (Lipinski definition) is 4. The number of amides is 1. The molecule has 29 heavy (non-hydrogen) atoms. The third-order valence-electron chi connectivity index (χ3n) is 4.65. The van der Waals surface area contributed by atoms with E-state index in [1.54, 1.807) is 17.6 Å². The van der Waals surface area contributed by atoms with Crippen molar-refractivity contribution in [3.63, 3.8) is 0 Å². The van der Waals surface area contributed by atoms with Crippen LogP contribution >= 0.6 is 11.3 Å². The summed E-state index contributed by atoms with van der Waals surface area (Å²) < 4.78 is 7.83. The summed E-state index contributed by atoms with van der Waals surface area (Å²) in [6.07, 6.45) is 0. The van der Waals surface area contributed by atoms with Crippen molar-refractivity contribution < 1.29 is 14.3 Å². The molecule has 0 aliphatic carbocycles. The topological polar surface area (TPSA) is 60.7 Å². The van der Waals surface area contributed by atoms with E-state index in [2.05, 4.69) is 4.99 Å². The molecule has 0 N–H and O–H groups in total. The van der Waals surface area contributed by atoms with Gasteiger partial charge < -0.3 is 9.30 Å². The van der Waals surface area contributed by atoms with Crippen molar-refractivity contribution in [3.05, 3.63) is 76.6 Å². The van der Waals surface area contributed by atoms with Crippen molar-refractivity contribution in [1.29, 1.82) is 0 Å². The van der Waals surface area contributed by atoms with Crippen LogP contribution in [0.15, 0.2) is 65.7 Å². The minimum atomic E-state index is -0.355. The van der Waals surface area contributed by atoms with Crippen molar-refractivity contribution in [2.75, 3.05) is 6.61 Å². The minimum Gasteiger partial charge on any atom is -0.465 e. The van der Waals surface area contributed by atoms with Crippen molar-refractivity contribution in [3.8, 4) is 0 Å². The largest absolute Gasteiger partial charge is 0.465 e. The number of thiazole rings is 1. The van der Waals surface area contributed by atoms with Crippen LogP contribution in [0.5, 0.6) is 0 Å². The van der Waals surface area contributed by atoms with Gasteiger partial charge in [-0.15, -0.1) is 0 Å². The van der Waals surface area contributed by atoms with Crippen LogP contribution in [0.1, 0.15) is 22.8 Å². The van der Waals surface area contributed by atoms with Crippen molar-refractivity contribution in [1.82, 2.24) is 4.57 Å². The highest BCUT2D eigenvalue weighted by molar-refractivity contribution is 7.16. The maximum atomic E-state index is 13.0. The molecule has 146 valence electrons. The second-order valence-corrected chi connectivity index (χ2v) is 7.70. The predicted molar refractivity (Wildman–Crippen MR) is 115 cm³/mol. The molecule has 1 heterocycles. The molecule has 0 radical (unpaired) electrons. The van der Waals surface area contributed by atoms with E-state index >= 15 is 0 Å². The lowest BCUT2D eigenvalue weighted by Gasteiger charge is -2.06. The van der Waals surface area contributed by atoms with Crippen LogP contribution in [0, 0.1) is 6.92 Å². The zero-order chi connectivity index (χ0) is 20.4. The van der Waals surface area contributed by atoms with Crippen LogP contribution in [0.2, 0.25) is 0 Å². The maximum absolute atomic E-state index is 13.0. The normalized spacial score (nSPS) is 11.9. The molecule has 0 saturated carbocycles. The molecule has 0 unspecified atom stereocenters. The van der Waals surface area contributed by atoms with E-state index < -0.39 is 0 Å². The molecule has 0 bridgehead atoms. The molecule has 6 heteroatoms. The summed E-state index contributed by atoms with van der Waals surface area (Å²) in [5.74, 6) is -0.686. The van der Waals surface area contributed by atoms with Crippen molar-refractivity contribution >= 4 is 44.2 Å². The third kappa shape index (κ3) is 3.84. The summed E-state index contributed by atoms with van der Waals surface area (Å²) >= 11 is 1.39. The fraction of sp³-hybridized carbons (Fsp3) is 0.174. The van der Waals surface area contributed by atoms with Gasteiger partial charge in [0.1, 0.15) is 6.54 Å². The van der Waals surface area contributed by atoms with Crippen molar-refractivity contribution in [2.24, 2.45) is 4.99 Å². The number of aryl methyl sites for hydroxylation is 1. The van der Waals surface area contributed by atoms with Gasteiger partial charge in [-0.2, -0.15) is 4.99 Å². The Labute approximate surface area is 171 Å². The highest BCUT2D eigenvalue weighted by Gasteiger charge is 2.14. The number of benzene rings is 3. The first-order valence-corrected chi connectivity index (χ1v) is 10.2. The van der Waals surface area contributed by atoms with Gasteiger partial charge in [0.2, 0.25) is 0 Å². The standard InChI is InChI=1S/C23H20N2O3S/c1-3-28-21(26)14-25-19-12-11-15(2)13-20(19)29-23(25)24-22(27)18-10-6-8-16-7-4-5-9-17(16)18/h4-13H,3,14H2,1-2H3. The van der Waals surface area contributed by atoms with E-state index in [9.17, 15) is 9.59 Å². The Bertz CT molecular complexity index is 1300. The summed E-state index contributed by atoms with van der Waals surface area (Å²) in [6, 6.07) is 19.3. The number of carbonyl (C=O) groups excluding carboxylic acids is 2. The number of esters is 1. The Morgan fingerprint density at radius 2 is 1.86 bits per heavy atom. The molecule has 0 atom stereocenters. The molecular weight excluding hydrogens is 384 g/mol. The first kappa shape index (κ1) is 19.1. The number of ether oxygens (including phenoxy) is 1. The van der Waals surface area contributed by atoms with E-state index in [-0.39, 0.29) is 18.4 Å². The summed E-state index contributed by atoms with van der Waals surface area (Å²) in [4.78, 5) is 30.1. The number of rotatable bonds is 4. The molecule has 0 saturated heterocycles. The van der Waals surface area contributed by atoms with E-state index in [1.165, 1.54) is 11.3 Å². The zero-order valence-corrected chi connectivity index (χ0v) is 17.0. The first-order valence-electron chi connectivity index (χ1n) is 9.39. The Morgan fingerprint density at radius 1 is 1.07 bits per heavy atom. The summed E-state index contributed by atoms with van der Waals surface area (Å²) in [6.45, 7) is 4.10. The highest BCUT2D eigenvalue weighted by Crippen LogP contribution is 2.21. The van der Waals surface area contributed by atoms with E-state index in [0.717, 1.165) is 26.6 Å². The molecule has 1 aromatic heterocycles. The quantitative estimate of drug-likeness (QED) is 0.472. The van der Waals surface area contributed by atoms with Gasteiger partial charge in [0.05, 0.1) is 16.8 Å². The van der Waals surface area contributed by atoms with Gasteiger partial charge in [-0.25, -0.2) is 0 Å². The number of carbonyl (C=O) groups is 2. The van der Waals surface area contributed by atoms with Crippen LogP contribution in [-0.2, 0) is 16.1 Å². The van der Waals surface area contributed by atoms with Gasteiger partial charge in [-0.3, -0.25) is 9.59 Å². The fourth-order valence-corrected chi connectivity index (χ4v) is 4.44. The summed E-state index contributed by atoms with van der Waals surface area (Å²) in [5.41, 5.74) is 2.51. The van der Waals surface area contributed by atoms with Crippen LogP contribution < -0.4 is 4.80 Å². The third-order valence-corrected chi connectivity index (χ3v) is 5.69. The average Bonchev–Trinajstić information content (AvgIpc) is 3.03. The Balaban J connectivity index is 1.86. The van der Waals surface area contributed by atoms with Gasteiger partial charge in [-0.05, 0) is 48.4 Å². The Morgan fingerprint density at radius 3 is 2.69 bits per heavy atom. The predicted octanol–water partition coefficient (Wildman–Crippen LogP) is 4.47. The molecule has 3 aromatic carbocycles. The van der Waals surface area contributed by atoms with Crippen LogP contribution in [0.4, 0.5) is 0 Å². The van der Waals surface area contributed by atoms with Gasteiger partial charge >= 0.3 is 5.97 Å². The molecule has 4 rings (SSSR count). The van der Waals surface area contributed by atoms with E-state index in [0.29, 0.717) is 17.0 Å². The number of hydrogen-bond donors (Lipinski definition) is 0. The first-order chi connectivity index (χ1) is 14.1. The molecule has 1 amide bonds. The van der Waals surface area contributed by atoms with Crippen LogP contribution in [-0.4, -0.2) is 23.1 Å².